The van der Waals surface area contributed by atoms with Crippen LogP contribution in [0.5, 0.6) is 5.88 Å². The molecule has 0 saturated carbocycles. The van der Waals surface area contributed by atoms with Crippen LogP contribution in [0.1, 0.15) is 67.3 Å². The second kappa shape index (κ2) is 10.9. The first-order valence-corrected chi connectivity index (χ1v) is 12.4. The summed E-state index contributed by atoms with van der Waals surface area (Å²) in [6.07, 6.45) is -0.293. The normalized spacial score (nSPS) is 14.1. The van der Waals surface area contributed by atoms with Gasteiger partial charge in [-0.2, -0.15) is 9.78 Å². The van der Waals surface area contributed by atoms with Crippen LogP contribution < -0.4 is 10.1 Å². The van der Waals surface area contributed by atoms with Crippen molar-refractivity contribution in [2.75, 3.05) is 6.61 Å². The maximum Gasteiger partial charge on any atom is 0.305 e. The molecule has 3 N–H and O–H groups in total. The molecule has 198 valence electrons. The van der Waals surface area contributed by atoms with Gasteiger partial charge in [0.2, 0.25) is 5.88 Å². The number of ether oxygens (including phenoxy) is 1. The zero-order valence-electron chi connectivity index (χ0n) is 22.0. The van der Waals surface area contributed by atoms with Crippen LogP contribution in [-0.4, -0.2) is 44.1 Å². The van der Waals surface area contributed by atoms with E-state index in [4.69, 9.17) is 16.3 Å². The first-order valence-electron chi connectivity index (χ1n) is 12.0. The van der Waals surface area contributed by atoms with Gasteiger partial charge in [-0.05, 0) is 49.4 Å². The number of aliphatic hydroxyl groups is 1. The van der Waals surface area contributed by atoms with Crippen molar-refractivity contribution in [2.45, 2.75) is 59.6 Å². The van der Waals surface area contributed by atoms with Crippen LogP contribution >= 0.6 is 11.6 Å². The van der Waals surface area contributed by atoms with E-state index >= 15 is 0 Å². The number of rotatable bonds is 9. The Balaban J connectivity index is 1.97. The lowest BCUT2D eigenvalue weighted by Gasteiger charge is -2.36. The van der Waals surface area contributed by atoms with Gasteiger partial charge in [0.25, 0.3) is 5.91 Å². The number of para-hydroxylation sites is 1. The zero-order valence-corrected chi connectivity index (χ0v) is 22.8. The molecule has 3 aromatic rings. The van der Waals surface area contributed by atoms with Crippen molar-refractivity contribution in [3.8, 4) is 11.6 Å². The lowest BCUT2D eigenvalue weighted by molar-refractivity contribution is -0.137. The molecule has 2 aromatic carbocycles. The zero-order chi connectivity index (χ0) is 27.5. The van der Waals surface area contributed by atoms with Gasteiger partial charge in [-0.3, -0.25) is 9.59 Å². The molecule has 0 bridgehead atoms. The van der Waals surface area contributed by atoms with Crippen LogP contribution in [0.3, 0.4) is 0 Å². The predicted molar refractivity (Wildman–Crippen MR) is 143 cm³/mol. The second-order valence-corrected chi connectivity index (χ2v) is 10.9. The van der Waals surface area contributed by atoms with E-state index in [-0.39, 0.29) is 24.6 Å². The lowest BCUT2D eigenvalue weighted by atomic mass is 9.78. The number of aryl methyl sites for hydroxylation is 2. The van der Waals surface area contributed by atoms with E-state index in [9.17, 15) is 19.8 Å². The van der Waals surface area contributed by atoms with Gasteiger partial charge in [0.1, 0.15) is 12.2 Å². The number of carbonyl (C=O) groups is 2. The molecule has 0 spiro atoms. The summed E-state index contributed by atoms with van der Waals surface area (Å²) >= 11 is 6.40. The minimum atomic E-state index is -1.18. The van der Waals surface area contributed by atoms with Crippen LogP contribution in [-0.2, 0) is 4.79 Å². The molecule has 0 aliphatic heterocycles. The van der Waals surface area contributed by atoms with Gasteiger partial charge in [0, 0.05) is 6.07 Å². The van der Waals surface area contributed by atoms with Crippen LogP contribution in [0.25, 0.3) is 5.69 Å². The van der Waals surface area contributed by atoms with Gasteiger partial charge in [-0.15, -0.1) is 0 Å². The molecule has 1 amide bonds. The number of carboxylic acids is 1. The Labute approximate surface area is 222 Å². The maximum absolute atomic E-state index is 13.3. The summed E-state index contributed by atoms with van der Waals surface area (Å²) in [5.41, 5.74) is 1.48. The van der Waals surface area contributed by atoms with Gasteiger partial charge < -0.3 is 20.3 Å². The van der Waals surface area contributed by atoms with Gasteiger partial charge in [-0.25, -0.2) is 0 Å². The van der Waals surface area contributed by atoms with Gasteiger partial charge in [0.05, 0.1) is 23.2 Å². The number of hydrogen-bond acceptors (Lipinski definition) is 5. The van der Waals surface area contributed by atoms with Crippen molar-refractivity contribution >= 4 is 23.5 Å². The molecular formula is C28H34ClN3O5. The predicted octanol–water partition coefficient (Wildman–Crippen LogP) is 5.26. The molecule has 0 fully saturated rings. The average molecular weight is 528 g/mol. The summed E-state index contributed by atoms with van der Waals surface area (Å²) in [6, 6.07) is 13.3. The standard InChI is InChI=1S/C28H34ClN3O5/c1-17-11-12-19(18(2)13-17)21(15-25(33)34)30-26(35)22-14-24(37-16-28(6,36)27(3,4)5)32(31-22)23-10-8-7-9-20(23)29/h7-14,21,36H,15-16H2,1-6H3,(H,30,35)(H,33,34)/t21-,28+/m0/s1. The minimum Gasteiger partial charge on any atom is -0.481 e. The highest BCUT2D eigenvalue weighted by Crippen LogP contribution is 2.32. The van der Waals surface area contributed by atoms with Crippen molar-refractivity contribution in [2.24, 2.45) is 5.41 Å². The Morgan fingerprint density at radius 2 is 1.78 bits per heavy atom. The average Bonchev–Trinajstić information content (AvgIpc) is 3.21. The Kier molecular flexibility index (Phi) is 8.35. The smallest absolute Gasteiger partial charge is 0.305 e. The van der Waals surface area contributed by atoms with Gasteiger partial charge in [-0.1, -0.05) is 68.3 Å². The first kappa shape index (κ1) is 28.2. The Bertz CT molecular complexity index is 1290. The van der Waals surface area contributed by atoms with Crippen LogP contribution in [0.15, 0.2) is 48.5 Å². The Morgan fingerprint density at radius 1 is 1.11 bits per heavy atom. The van der Waals surface area contributed by atoms with Gasteiger partial charge >= 0.3 is 5.97 Å². The second-order valence-electron chi connectivity index (χ2n) is 10.5. The third-order valence-electron chi connectivity index (χ3n) is 6.59. The summed E-state index contributed by atoms with van der Waals surface area (Å²) in [6.45, 7) is 11.1. The highest BCUT2D eigenvalue weighted by molar-refractivity contribution is 6.32. The molecule has 1 aromatic heterocycles. The number of halogens is 1. The summed E-state index contributed by atoms with van der Waals surface area (Å²) in [5.74, 6) is -1.39. The summed E-state index contributed by atoms with van der Waals surface area (Å²) in [5, 5.41) is 28.0. The van der Waals surface area contributed by atoms with E-state index in [2.05, 4.69) is 10.4 Å². The number of aliphatic carboxylic acids is 1. The van der Waals surface area contributed by atoms with Crippen LogP contribution in [0.4, 0.5) is 0 Å². The Hall–Kier alpha value is -3.36. The molecule has 2 atom stereocenters. The highest BCUT2D eigenvalue weighted by Gasteiger charge is 2.36. The van der Waals surface area contributed by atoms with Crippen molar-refractivity contribution < 1.29 is 24.5 Å². The van der Waals surface area contributed by atoms with Crippen molar-refractivity contribution in [1.82, 2.24) is 15.1 Å². The summed E-state index contributed by atoms with van der Waals surface area (Å²) in [7, 11) is 0. The number of benzene rings is 2. The maximum atomic E-state index is 13.3. The largest absolute Gasteiger partial charge is 0.481 e. The van der Waals surface area contributed by atoms with Crippen molar-refractivity contribution in [3.63, 3.8) is 0 Å². The molecule has 3 rings (SSSR count). The van der Waals surface area contributed by atoms with E-state index in [0.717, 1.165) is 11.1 Å². The van der Waals surface area contributed by atoms with E-state index in [1.54, 1.807) is 31.2 Å². The van der Waals surface area contributed by atoms with Crippen LogP contribution in [0, 0.1) is 19.3 Å². The molecule has 1 heterocycles. The number of hydrogen-bond donors (Lipinski definition) is 3. The fourth-order valence-electron chi connectivity index (χ4n) is 3.67. The Morgan fingerprint density at radius 3 is 2.38 bits per heavy atom. The fraction of sp³-hybridized carbons (Fsp3) is 0.393. The minimum absolute atomic E-state index is 0.0190. The molecule has 37 heavy (non-hydrogen) atoms. The quantitative estimate of drug-likeness (QED) is 0.349. The molecule has 0 aliphatic rings. The molecule has 0 aliphatic carbocycles. The van der Waals surface area contributed by atoms with E-state index in [1.165, 1.54) is 10.7 Å². The monoisotopic (exact) mass is 527 g/mol. The number of aromatic nitrogens is 2. The highest BCUT2D eigenvalue weighted by atomic mass is 35.5. The molecule has 8 nitrogen and oxygen atoms in total. The first-order chi connectivity index (χ1) is 17.2. The van der Waals surface area contributed by atoms with E-state index < -0.39 is 28.9 Å². The number of carbonyl (C=O) groups excluding carboxylic acids is 1. The SMILES string of the molecule is Cc1ccc([C@H](CC(=O)O)NC(=O)c2cc(OC[C@@](C)(O)C(C)(C)C)n(-c3ccccc3Cl)n2)c(C)c1. The van der Waals surface area contributed by atoms with E-state index in [1.807, 2.05) is 52.8 Å². The van der Waals surface area contributed by atoms with Gasteiger partial charge in [0.15, 0.2) is 5.69 Å². The van der Waals surface area contributed by atoms with Crippen LogP contribution in [0.2, 0.25) is 5.02 Å². The molecular weight excluding hydrogens is 494 g/mol. The summed E-state index contributed by atoms with van der Waals surface area (Å²) in [4.78, 5) is 24.9. The third-order valence-corrected chi connectivity index (χ3v) is 6.91. The number of amides is 1. The lowest BCUT2D eigenvalue weighted by Crippen LogP contribution is -2.45. The molecule has 9 heteroatoms. The fourth-order valence-corrected chi connectivity index (χ4v) is 3.88. The topological polar surface area (TPSA) is 114 Å². The number of nitrogens with zero attached hydrogens (tertiary/aromatic N) is 2. The molecule has 0 unspecified atom stereocenters. The third kappa shape index (κ3) is 6.70. The van der Waals surface area contributed by atoms with Crippen molar-refractivity contribution in [1.29, 1.82) is 0 Å². The number of carboxylic acid groups (broad SMARTS) is 1. The molecule has 0 radical (unpaired) electrons. The number of nitrogens with one attached hydrogen (secondary N) is 1. The molecule has 0 saturated heterocycles. The van der Waals surface area contributed by atoms with E-state index in [0.29, 0.717) is 16.3 Å². The summed E-state index contributed by atoms with van der Waals surface area (Å²) < 4.78 is 7.37. The van der Waals surface area contributed by atoms with Crippen molar-refractivity contribution in [3.05, 3.63) is 75.9 Å².